The fourth-order valence-corrected chi connectivity index (χ4v) is 2.87. The number of carbonyl (C=O) groups is 1. The number of para-hydroxylation sites is 1. The van der Waals surface area contributed by atoms with Crippen molar-refractivity contribution in [2.75, 3.05) is 0 Å². The summed E-state index contributed by atoms with van der Waals surface area (Å²) in [4.78, 5) is 17.3. The summed E-state index contributed by atoms with van der Waals surface area (Å²) in [5, 5.41) is 5.56. The van der Waals surface area contributed by atoms with Gasteiger partial charge in [0, 0.05) is 22.0 Å². The molecule has 1 heterocycles. The van der Waals surface area contributed by atoms with Crippen LogP contribution in [0.2, 0.25) is 5.02 Å². The van der Waals surface area contributed by atoms with Gasteiger partial charge >= 0.3 is 0 Å². The highest BCUT2D eigenvalue weighted by Crippen LogP contribution is 2.40. The van der Waals surface area contributed by atoms with Gasteiger partial charge in [0.1, 0.15) is 0 Å². The van der Waals surface area contributed by atoms with Crippen LogP contribution in [0.5, 0.6) is 0 Å². The predicted octanol–water partition coefficient (Wildman–Crippen LogP) is 4.53. The number of rotatable bonds is 4. The van der Waals surface area contributed by atoms with Crippen LogP contribution in [-0.4, -0.2) is 17.1 Å². The lowest BCUT2D eigenvalue weighted by Crippen LogP contribution is -2.18. The molecule has 1 aliphatic rings. The van der Waals surface area contributed by atoms with Gasteiger partial charge in [-0.15, -0.1) is 0 Å². The molecule has 1 amide bonds. The first-order valence-electron chi connectivity index (χ1n) is 8.19. The van der Waals surface area contributed by atoms with Crippen LogP contribution in [0.15, 0.2) is 59.7 Å². The molecule has 0 spiro atoms. The van der Waals surface area contributed by atoms with Gasteiger partial charge in [0.25, 0.3) is 5.91 Å². The fraction of sp³-hybridized carbons (Fsp3) is 0.150. The number of fused-ring (bicyclic) bond motifs is 1. The molecule has 0 unspecified atom stereocenters. The number of hydrogen-bond donors (Lipinski definition) is 1. The summed E-state index contributed by atoms with van der Waals surface area (Å²) in [6.45, 7) is 0. The van der Waals surface area contributed by atoms with E-state index in [1.54, 1.807) is 18.3 Å². The quantitative estimate of drug-likeness (QED) is 0.555. The summed E-state index contributed by atoms with van der Waals surface area (Å²) in [7, 11) is 0. The number of halogens is 1. The highest BCUT2D eigenvalue weighted by molar-refractivity contribution is 6.30. The minimum Gasteiger partial charge on any atom is -0.267 e. The Hall–Kier alpha value is -2.72. The van der Waals surface area contributed by atoms with E-state index in [0.29, 0.717) is 16.5 Å². The Kier molecular flexibility index (Phi) is 4.20. The Bertz CT molecular complexity index is 962. The maximum atomic E-state index is 12.6. The standard InChI is InChI=1S/C20H16ClN3O/c21-15-9-5-13(6-10-15)12-22-24-20(25)17-11-19(14-7-8-14)23-18-4-2-1-3-16(17)18/h1-6,9-12,14H,7-8H2,(H,24,25)/b22-12+. The monoisotopic (exact) mass is 349 g/mol. The van der Waals surface area contributed by atoms with Crippen molar-refractivity contribution in [2.45, 2.75) is 18.8 Å². The van der Waals surface area contributed by atoms with Crippen molar-refractivity contribution < 1.29 is 4.79 Å². The van der Waals surface area contributed by atoms with Gasteiger partial charge in [0.2, 0.25) is 0 Å². The lowest BCUT2D eigenvalue weighted by Gasteiger charge is -2.08. The third-order valence-electron chi connectivity index (χ3n) is 4.23. The molecule has 1 N–H and O–H groups in total. The van der Waals surface area contributed by atoms with Crippen molar-refractivity contribution in [1.82, 2.24) is 10.4 Å². The zero-order chi connectivity index (χ0) is 17.2. The molecule has 1 aromatic heterocycles. The van der Waals surface area contributed by atoms with E-state index in [9.17, 15) is 4.79 Å². The van der Waals surface area contributed by atoms with Crippen molar-refractivity contribution in [3.8, 4) is 0 Å². The Morgan fingerprint density at radius 2 is 1.92 bits per heavy atom. The van der Waals surface area contributed by atoms with Crippen molar-refractivity contribution in [1.29, 1.82) is 0 Å². The molecule has 4 rings (SSSR count). The van der Waals surface area contributed by atoms with Crippen LogP contribution in [0.25, 0.3) is 10.9 Å². The number of aromatic nitrogens is 1. The number of nitrogens with zero attached hydrogens (tertiary/aromatic N) is 2. The second-order valence-electron chi connectivity index (χ2n) is 6.14. The predicted molar refractivity (Wildman–Crippen MR) is 100 cm³/mol. The van der Waals surface area contributed by atoms with E-state index in [-0.39, 0.29) is 5.91 Å². The molecular formula is C20H16ClN3O. The second kappa shape index (κ2) is 6.65. The van der Waals surface area contributed by atoms with Crippen LogP contribution in [0.1, 0.15) is 40.4 Å². The molecule has 1 aliphatic carbocycles. The molecule has 2 aromatic carbocycles. The first-order valence-corrected chi connectivity index (χ1v) is 8.57. The van der Waals surface area contributed by atoms with Crippen molar-refractivity contribution in [2.24, 2.45) is 5.10 Å². The molecule has 0 aliphatic heterocycles. The third kappa shape index (κ3) is 3.54. The average molecular weight is 350 g/mol. The first kappa shape index (κ1) is 15.8. The highest BCUT2D eigenvalue weighted by atomic mass is 35.5. The van der Waals surface area contributed by atoms with Gasteiger partial charge in [-0.05, 0) is 42.7 Å². The van der Waals surface area contributed by atoms with Crippen LogP contribution in [0, 0.1) is 0 Å². The number of hydrazone groups is 1. The summed E-state index contributed by atoms with van der Waals surface area (Å²) in [6, 6.07) is 16.8. The van der Waals surface area contributed by atoms with Gasteiger partial charge in [0.05, 0.1) is 17.3 Å². The van der Waals surface area contributed by atoms with Crippen molar-refractivity contribution in [3.05, 3.63) is 76.4 Å². The molecular weight excluding hydrogens is 334 g/mol. The molecule has 5 heteroatoms. The summed E-state index contributed by atoms with van der Waals surface area (Å²) in [6.07, 6.45) is 3.88. The number of nitrogens with one attached hydrogen (secondary N) is 1. The van der Waals surface area contributed by atoms with Crippen LogP contribution >= 0.6 is 11.6 Å². The van der Waals surface area contributed by atoms with E-state index in [1.165, 1.54) is 0 Å². The summed E-state index contributed by atoms with van der Waals surface area (Å²) in [5.41, 5.74) is 5.92. The Morgan fingerprint density at radius 3 is 2.68 bits per heavy atom. The molecule has 0 atom stereocenters. The average Bonchev–Trinajstić information content (AvgIpc) is 3.47. The SMILES string of the molecule is O=C(N/N=C/c1ccc(Cl)cc1)c1cc(C2CC2)nc2ccccc12. The normalized spacial score (nSPS) is 14.1. The smallest absolute Gasteiger partial charge is 0.267 e. The van der Waals surface area contributed by atoms with E-state index in [0.717, 1.165) is 35.0 Å². The lowest BCUT2D eigenvalue weighted by molar-refractivity contribution is 0.0956. The minimum atomic E-state index is -0.231. The molecule has 0 radical (unpaired) electrons. The molecule has 1 saturated carbocycles. The zero-order valence-electron chi connectivity index (χ0n) is 13.4. The fourth-order valence-electron chi connectivity index (χ4n) is 2.75. The largest absolute Gasteiger partial charge is 0.272 e. The Balaban J connectivity index is 1.59. The van der Waals surface area contributed by atoms with Crippen LogP contribution in [0.3, 0.4) is 0 Å². The molecule has 4 nitrogen and oxygen atoms in total. The second-order valence-corrected chi connectivity index (χ2v) is 6.57. The number of hydrogen-bond acceptors (Lipinski definition) is 3. The number of amides is 1. The molecule has 3 aromatic rings. The Labute approximate surface area is 150 Å². The number of carbonyl (C=O) groups excluding carboxylic acids is 1. The van der Waals surface area contributed by atoms with Gasteiger partial charge in [-0.3, -0.25) is 9.78 Å². The molecule has 0 saturated heterocycles. The van der Waals surface area contributed by atoms with E-state index in [1.807, 2.05) is 42.5 Å². The molecule has 124 valence electrons. The van der Waals surface area contributed by atoms with Crippen molar-refractivity contribution >= 4 is 34.6 Å². The van der Waals surface area contributed by atoms with E-state index < -0.39 is 0 Å². The number of pyridine rings is 1. The highest BCUT2D eigenvalue weighted by Gasteiger charge is 2.26. The van der Waals surface area contributed by atoms with Gasteiger partial charge in [-0.25, -0.2) is 5.43 Å². The third-order valence-corrected chi connectivity index (χ3v) is 4.48. The van der Waals surface area contributed by atoms with E-state index in [4.69, 9.17) is 11.6 Å². The van der Waals surface area contributed by atoms with E-state index >= 15 is 0 Å². The lowest BCUT2D eigenvalue weighted by atomic mass is 10.1. The summed E-state index contributed by atoms with van der Waals surface area (Å²) in [5.74, 6) is 0.249. The van der Waals surface area contributed by atoms with Crippen molar-refractivity contribution in [3.63, 3.8) is 0 Å². The van der Waals surface area contributed by atoms with Gasteiger partial charge in [-0.2, -0.15) is 5.10 Å². The number of benzene rings is 2. The Morgan fingerprint density at radius 1 is 1.16 bits per heavy atom. The molecule has 0 bridgehead atoms. The summed E-state index contributed by atoms with van der Waals surface area (Å²) >= 11 is 5.86. The maximum absolute atomic E-state index is 12.6. The molecule has 1 fully saturated rings. The van der Waals surface area contributed by atoms with Crippen LogP contribution in [0.4, 0.5) is 0 Å². The zero-order valence-corrected chi connectivity index (χ0v) is 14.2. The van der Waals surface area contributed by atoms with E-state index in [2.05, 4.69) is 15.5 Å². The van der Waals surface area contributed by atoms with Gasteiger partial charge in [-0.1, -0.05) is 41.9 Å². The van der Waals surface area contributed by atoms with Gasteiger partial charge in [0.15, 0.2) is 0 Å². The van der Waals surface area contributed by atoms with Crippen LogP contribution in [-0.2, 0) is 0 Å². The maximum Gasteiger partial charge on any atom is 0.272 e. The molecule has 25 heavy (non-hydrogen) atoms. The minimum absolute atomic E-state index is 0.231. The topological polar surface area (TPSA) is 54.4 Å². The first-order chi connectivity index (χ1) is 12.2. The van der Waals surface area contributed by atoms with Gasteiger partial charge < -0.3 is 0 Å². The van der Waals surface area contributed by atoms with Crippen LogP contribution < -0.4 is 5.43 Å². The summed E-state index contributed by atoms with van der Waals surface area (Å²) < 4.78 is 0.